The number of nitrogen functional groups attached to an aromatic ring is 1. The van der Waals surface area contributed by atoms with Crippen LogP contribution < -0.4 is 11.1 Å². The number of halogens is 2. The molecule has 0 spiro atoms. The summed E-state index contributed by atoms with van der Waals surface area (Å²) >= 11 is 3.26. The molecule has 0 radical (unpaired) electrons. The van der Waals surface area contributed by atoms with Crippen molar-refractivity contribution in [2.45, 2.75) is 0 Å². The smallest absolute Gasteiger partial charge is 0.340 e. The van der Waals surface area contributed by atoms with Gasteiger partial charge in [-0.3, -0.25) is 0 Å². The van der Waals surface area contributed by atoms with Crippen molar-refractivity contribution in [3.8, 4) is 0 Å². The predicted octanol–water partition coefficient (Wildman–Crippen LogP) is 3.70. The molecule has 0 saturated carbocycles. The van der Waals surface area contributed by atoms with Crippen molar-refractivity contribution in [3.63, 3.8) is 0 Å². The maximum atomic E-state index is 13.8. The Balaban J connectivity index is 2.42. The van der Waals surface area contributed by atoms with Gasteiger partial charge in [-0.25, -0.2) is 9.18 Å². The Labute approximate surface area is 123 Å². The Morgan fingerprint density at radius 2 is 2.00 bits per heavy atom. The fraction of sp³-hybridized carbons (Fsp3) is 0.0714. The topological polar surface area (TPSA) is 64.3 Å². The van der Waals surface area contributed by atoms with Crippen LogP contribution in [0.25, 0.3) is 0 Å². The summed E-state index contributed by atoms with van der Waals surface area (Å²) < 4.78 is 19.0. The second kappa shape index (κ2) is 5.92. The Bertz CT molecular complexity index is 641. The summed E-state index contributed by atoms with van der Waals surface area (Å²) in [4.78, 5) is 11.6. The second-order valence-corrected chi connectivity index (χ2v) is 4.83. The minimum Gasteiger partial charge on any atom is -0.465 e. The van der Waals surface area contributed by atoms with E-state index < -0.39 is 11.8 Å². The van der Waals surface area contributed by atoms with E-state index in [0.29, 0.717) is 10.2 Å². The normalized spacial score (nSPS) is 10.2. The summed E-state index contributed by atoms with van der Waals surface area (Å²) in [7, 11) is 1.27. The largest absolute Gasteiger partial charge is 0.465 e. The molecule has 3 N–H and O–H groups in total. The molecule has 0 amide bonds. The quantitative estimate of drug-likeness (QED) is 0.661. The number of rotatable bonds is 3. The first-order valence-corrected chi connectivity index (χ1v) is 6.51. The third-order valence-electron chi connectivity index (χ3n) is 2.73. The molecule has 0 aromatic heterocycles. The van der Waals surface area contributed by atoms with Gasteiger partial charge in [-0.2, -0.15) is 0 Å². The molecule has 0 atom stereocenters. The first kappa shape index (κ1) is 14.3. The van der Waals surface area contributed by atoms with Gasteiger partial charge < -0.3 is 15.8 Å². The zero-order valence-electron chi connectivity index (χ0n) is 10.6. The Hall–Kier alpha value is -2.08. The first-order chi connectivity index (χ1) is 9.54. The van der Waals surface area contributed by atoms with E-state index in [-0.39, 0.29) is 16.9 Å². The van der Waals surface area contributed by atoms with Crippen LogP contribution in [0.1, 0.15) is 10.4 Å². The van der Waals surface area contributed by atoms with Gasteiger partial charge in [0.25, 0.3) is 0 Å². The molecule has 20 heavy (non-hydrogen) atoms. The van der Waals surface area contributed by atoms with Crippen molar-refractivity contribution >= 4 is 39.0 Å². The maximum absolute atomic E-state index is 13.8. The number of nitrogens with two attached hydrogens (primary N) is 1. The number of ether oxygens (including phenoxy) is 1. The molecule has 0 unspecified atom stereocenters. The molecule has 2 aromatic carbocycles. The van der Waals surface area contributed by atoms with E-state index in [1.54, 1.807) is 30.3 Å². The number of methoxy groups -OCH3 is 1. The monoisotopic (exact) mass is 338 g/mol. The standard InChI is InChI=1S/C14H12BrFN2O2/c1-20-14(19)8-4-2-7-11(12(8)17)18-13-9(15)5-3-6-10(13)16/h2-7,18H,17H2,1H3. The molecule has 0 saturated heterocycles. The molecule has 0 aliphatic heterocycles. The minimum absolute atomic E-state index is 0.203. The second-order valence-electron chi connectivity index (χ2n) is 3.98. The van der Waals surface area contributed by atoms with Crippen LogP contribution in [0.3, 0.4) is 0 Å². The summed E-state index contributed by atoms with van der Waals surface area (Å²) in [5, 5.41) is 2.87. The number of carbonyl (C=O) groups excluding carboxylic acids is 1. The van der Waals surface area contributed by atoms with Gasteiger partial charge in [0, 0.05) is 4.47 Å². The average Bonchev–Trinajstić information content (AvgIpc) is 2.44. The number of anilines is 3. The summed E-state index contributed by atoms with van der Waals surface area (Å²) in [6, 6.07) is 9.45. The molecule has 2 rings (SSSR count). The summed E-state index contributed by atoms with van der Waals surface area (Å²) in [5.74, 6) is -0.971. The van der Waals surface area contributed by atoms with Crippen molar-refractivity contribution in [3.05, 3.63) is 52.3 Å². The Morgan fingerprint density at radius 3 is 2.65 bits per heavy atom. The highest BCUT2D eigenvalue weighted by Gasteiger charge is 2.14. The number of benzene rings is 2. The van der Waals surface area contributed by atoms with Crippen molar-refractivity contribution in [1.82, 2.24) is 0 Å². The van der Waals surface area contributed by atoms with Gasteiger partial charge in [0.2, 0.25) is 0 Å². The molecule has 0 heterocycles. The molecule has 6 heteroatoms. The number of nitrogens with one attached hydrogen (secondary N) is 1. The van der Waals surface area contributed by atoms with Crippen molar-refractivity contribution < 1.29 is 13.9 Å². The van der Waals surface area contributed by atoms with Crippen molar-refractivity contribution in [2.24, 2.45) is 0 Å². The van der Waals surface area contributed by atoms with Crippen LogP contribution >= 0.6 is 15.9 Å². The first-order valence-electron chi connectivity index (χ1n) is 5.72. The molecule has 104 valence electrons. The minimum atomic E-state index is -0.543. The molecule has 2 aromatic rings. The molecule has 4 nitrogen and oxygen atoms in total. The third-order valence-corrected chi connectivity index (χ3v) is 3.39. The Kier molecular flexibility index (Phi) is 4.24. The van der Waals surface area contributed by atoms with Crippen LogP contribution in [-0.2, 0) is 4.74 Å². The number of para-hydroxylation sites is 2. The lowest BCUT2D eigenvalue weighted by molar-refractivity contribution is 0.0602. The van der Waals surface area contributed by atoms with Gasteiger partial charge in [-0.05, 0) is 40.2 Å². The van der Waals surface area contributed by atoms with E-state index in [4.69, 9.17) is 5.73 Å². The van der Waals surface area contributed by atoms with Gasteiger partial charge in [-0.1, -0.05) is 12.1 Å². The van der Waals surface area contributed by atoms with Crippen LogP contribution in [0.4, 0.5) is 21.5 Å². The number of hydrogen-bond acceptors (Lipinski definition) is 4. The molecule has 0 bridgehead atoms. The number of hydrogen-bond donors (Lipinski definition) is 2. The summed E-state index contributed by atoms with van der Waals surface area (Å²) in [6.45, 7) is 0. The van der Waals surface area contributed by atoms with Gasteiger partial charge in [0.05, 0.1) is 29.7 Å². The van der Waals surface area contributed by atoms with E-state index in [2.05, 4.69) is 26.0 Å². The lowest BCUT2D eigenvalue weighted by Gasteiger charge is -2.13. The molecule has 0 aliphatic rings. The molecule has 0 aliphatic carbocycles. The molecular formula is C14H12BrFN2O2. The SMILES string of the molecule is COC(=O)c1cccc(Nc2c(F)cccc2Br)c1N. The van der Waals surface area contributed by atoms with E-state index in [1.807, 2.05) is 0 Å². The molecular weight excluding hydrogens is 327 g/mol. The average molecular weight is 339 g/mol. The number of carbonyl (C=O) groups is 1. The van der Waals surface area contributed by atoms with Crippen LogP contribution in [-0.4, -0.2) is 13.1 Å². The van der Waals surface area contributed by atoms with Gasteiger partial charge in [-0.15, -0.1) is 0 Å². The van der Waals surface area contributed by atoms with Gasteiger partial charge in [0.1, 0.15) is 5.82 Å². The summed E-state index contributed by atoms with van der Waals surface area (Å²) in [6.07, 6.45) is 0. The zero-order valence-corrected chi connectivity index (χ0v) is 12.2. The van der Waals surface area contributed by atoms with Crippen molar-refractivity contribution in [1.29, 1.82) is 0 Å². The lowest BCUT2D eigenvalue weighted by atomic mass is 10.1. The van der Waals surface area contributed by atoms with Gasteiger partial charge in [0.15, 0.2) is 0 Å². The van der Waals surface area contributed by atoms with E-state index >= 15 is 0 Å². The Morgan fingerprint density at radius 1 is 1.30 bits per heavy atom. The van der Waals surface area contributed by atoms with Gasteiger partial charge >= 0.3 is 5.97 Å². The predicted molar refractivity (Wildman–Crippen MR) is 79.6 cm³/mol. The zero-order chi connectivity index (χ0) is 14.7. The highest BCUT2D eigenvalue weighted by atomic mass is 79.9. The van der Waals surface area contributed by atoms with Crippen molar-refractivity contribution in [2.75, 3.05) is 18.2 Å². The van der Waals surface area contributed by atoms with E-state index in [9.17, 15) is 9.18 Å². The third kappa shape index (κ3) is 2.75. The van der Waals surface area contributed by atoms with Crippen LogP contribution in [0, 0.1) is 5.82 Å². The highest BCUT2D eigenvalue weighted by Crippen LogP contribution is 2.32. The fourth-order valence-corrected chi connectivity index (χ4v) is 2.16. The molecule has 0 fully saturated rings. The maximum Gasteiger partial charge on any atom is 0.340 e. The number of esters is 1. The van der Waals surface area contributed by atoms with Crippen LogP contribution in [0.2, 0.25) is 0 Å². The summed E-state index contributed by atoms with van der Waals surface area (Å²) in [5.41, 5.74) is 7.02. The fourth-order valence-electron chi connectivity index (χ4n) is 1.71. The highest BCUT2D eigenvalue weighted by molar-refractivity contribution is 9.10. The van der Waals surface area contributed by atoms with E-state index in [1.165, 1.54) is 13.2 Å². The van der Waals surface area contributed by atoms with Crippen LogP contribution in [0.15, 0.2) is 40.9 Å². The lowest BCUT2D eigenvalue weighted by Crippen LogP contribution is -2.08. The van der Waals surface area contributed by atoms with E-state index in [0.717, 1.165) is 0 Å². The van der Waals surface area contributed by atoms with Crippen LogP contribution in [0.5, 0.6) is 0 Å².